The van der Waals surface area contributed by atoms with Gasteiger partial charge >= 0.3 is 0 Å². The predicted octanol–water partition coefficient (Wildman–Crippen LogP) is 3.76. The summed E-state index contributed by atoms with van der Waals surface area (Å²) in [6, 6.07) is 7.17. The number of carbonyl (C=O) groups excluding carboxylic acids is 1. The molecule has 37 heavy (non-hydrogen) atoms. The average molecular weight is 532 g/mol. The molecule has 2 aromatic heterocycles. The summed E-state index contributed by atoms with van der Waals surface area (Å²) in [7, 11) is -3.13. The van der Waals surface area contributed by atoms with Crippen LogP contribution in [0.25, 0.3) is 11.3 Å². The molecule has 1 amide bonds. The Bertz CT molecular complexity index is 1480. The number of amides is 1. The molecule has 3 aromatic rings. The lowest BCUT2D eigenvalue weighted by atomic mass is 9.97. The lowest BCUT2D eigenvalue weighted by Crippen LogP contribution is -2.41. The topological polar surface area (TPSA) is 128 Å². The molecule has 9 nitrogen and oxygen atoms in total. The molecule has 1 aliphatic heterocycles. The number of rotatable bonds is 6. The van der Waals surface area contributed by atoms with Crippen molar-refractivity contribution in [3.05, 3.63) is 59.8 Å². The highest BCUT2D eigenvalue weighted by atomic mass is 32.2. The van der Waals surface area contributed by atoms with Gasteiger partial charge in [-0.1, -0.05) is 6.92 Å². The fraction of sp³-hybridized carbons (Fsp3) is 0.320. The Kier molecular flexibility index (Phi) is 6.80. The minimum atomic E-state index is -4.36. The van der Waals surface area contributed by atoms with Crippen LogP contribution < -0.4 is 20.1 Å². The maximum Gasteiger partial charge on any atom is 0.268 e. The van der Waals surface area contributed by atoms with Gasteiger partial charge in [0.1, 0.15) is 22.3 Å². The van der Waals surface area contributed by atoms with Gasteiger partial charge in [-0.3, -0.25) is 4.79 Å². The first-order valence-corrected chi connectivity index (χ1v) is 12.9. The number of sulfonamides is 1. The van der Waals surface area contributed by atoms with Gasteiger partial charge in [-0.25, -0.2) is 31.9 Å². The number of halogens is 2. The van der Waals surface area contributed by atoms with Crippen LogP contribution in [0.1, 0.15) is 37.6 Å². The van der Waals surface area contributed by atoms with Crippen LogP contribution >= 0.6 is 0 Å². The van der Waals surface area contributed by atoms with Gasteiger partial charge in [0, 0.05) is 29.9 Å². The summed E-state index contributed by atoms with van der Waals surface area (Å²) in [4.78, 5) is 23.1. The van der Waals surface area contributed by atoms with E-state index in [9.17, 15) is 22.0 Å². The first-order chi connectivity index (χ1) is 17.3. The van der Waals surface area contributed by atoms with E-state index in [1.165, 1.54) is 37.6 Å². The molecule has 0 aliphatic carbocycles. The molecule has 4 rings (SSSR count). The first-order valence-electron chi connectivity index (χ1n) is 11.4. The van der Waals surface area contributed by atoms with Crippen LogP contribution in [-0.4, -0.2) is 43.5 Å². The molecule has 3 N–H and O–H groups in total. The van der Waals surface area contributed by atoms with Crippen LogP contribution in [0.5, 0.6) is 5.75 Å². The number of hydrogen-bond donors (Lipinski definition) is 2. The van der Waals surface area contributed by atoms with E-state index in [1.54, 1.807) is 0 Å². The molecule has 196 valence electrons. The SMILES string of the molecule is COc1cc(F)c(-c2ccc(C(=O)NS(=O)(=O)c3cccnc3N)c(N3C[C@@H](C)CC3(C)C)n2)cc1F. The molecule has 1 saturated heterocycles. The number of ether oxygens (including phenoxy) is 1. The number of nitrogens with two attached hydrogens (primary N) is 1. The molecular formula is C25H27F2N5O4S. The van der Waals surface area contributed by atoms with Gasteiger partial charge in [-0.15, -0.1) is 0 Å². The standard InChI is InChI=1S/C25H27F2N5O4S/c1-14-12-25(2,3)32(13-14)23-15(24(33)31-37(34,35)21-6-5-9-29-22(21)28)7-8-19(30-23)16-10-18(27)20(36-4)11-17(16)26/h5-11,14H,12-13H2,1-4H3,(H2,28,29)(H,31,33)/t14-/m0/s1. The highest BCUT2D eigenvalue weighted by molar-refractivity contribution is 7.90. The second-order valence-corrected chi connectivity index (χ2v) is 11.2. The highest BCUT2D eigenvalue weighted by Gasteiger charge is 2.39. The summed E-state index contributed by atoms with van der Waals surface area (Å²) in [6.07, 6.45) is 2.10. The summed E-state index contributed by atoms with van der Waals surface area (Å²) in [6.45, 7) is 6.49. The van der Waals surface area contributed by atoms with Gasteiger partial charge in [0.2, 0.25) is 0 Å². The van der Waals surface area contributed by atoms with Gasteiger partial charge in [-0.2, -0.15) is 0 Å². The Hall–Kier alpha value is -3.80. The van der Waals surface area contributed by atoms with E-state index in [0.717, 1.165) is 18.6 Å². The number of pyridine rings is 2. The number of anilines is 2. The largest absolute Gasteiger partial charge is 0.494 e. The zero-order valence-corrected chi connectivity index (χ0v) is 21.6. The van der Waals surface area contributed by atoms with E-state index in [1.807, 2.05) is 30.4 Å². The second-order valence-electron chi connectivity index (χ2n) is 9.59. The second kappa shape index (κ2) is 9.58. The Morgan fingerprint density at radius 1 is 1.22 bits per heavy atom. The minimum Gasteiger partial charge on any atom is -0.494 e. The molecule has 1 atom stereocenters. The molecule has 3 heterocycles. The summed E-state index contributed by atoms with van der Waals surface area (Å²) in [5.41, 5.74) is 5.14. The first kappa shape index (κ1) is 26.3. The number of methoxy groups -OCH3 is 1. The normalized spacial score (nSPS) is 17.0. The lowest BCUT2D eigenvalue weighted by Gasteiger charge is -2.34. The van der Waals surface area contributed by atoms with Gasteiger partial charge in [-0.05, 0) is 56.5 Å². The third-order valence-electron chi connectivity index (χ3n) is 6.28. The number of benzene rings is 1. The van der Waals surface area contributed by atoms with Gasteiger partial charge < -0.3 is 15.4 Å². The van der Waals surface area contributed by atoms with Crippen LogP contribution in [0.4, 0.5) is 20.4 Å². The van der Waals surface area contributed by atoms with Crippen molar-refractivity contribution in [1.82, 2.24) is 14.7 Å². The Morgan fingerprint density at radius 2 is 1.95 bits per heavy atom. The predicted molar refractivity (Wildman–Crippen MR) is 135 cm³/mol. The Balaban J connectivity index is 1.82. The van der Waals surface area contributed by atoms with Crippen LogP contribution in [-0.2, 0) is 10.0 Å². The fourth-order valence-corrected chi connectivity index (χ4v) is 5.73. The Labute approximate surface area is 213 Å². The summed E-state index contributed by atoms with van der Waals surface area (Å²) >= 11 is 0. The molecule has 1 fully saturated rings. The average Bonchev–Trinajstić information content (AvgIpc) is 3.11. The van der Waals surface area contributed by atoms with E-state index < -0.39 is 33.1 Å². The van der Waals surface area contributed by atoms with Crippen molar-refractivity contribution in [2.24, 2.45) is 5.92 Å². The molecule has 0 saturated carbocycles. The maximum absolute atomic E-state index is 14.9. The van der Waals surface area contributed by atoms with E-state index in [0.29, 0.717) is 6.54 Å². The fourth-order valence-electron chi connectivity index (χ4n) is 4.68. The molecular weight excluding hydrogens is 504 g/mol. The Morgan fingerprint density at radius 3 is 2.57 bits per heavy atom. The van der Waals surface area contributed by atoms with Crippen molar-refractivity contribution >= 4 is 27.6 Å². The quantitative estimate of drug-likeness (QED) is 0.492. The van der Waals surface area contributed by atoms with Crippen molar-refractivity contribution in [1.29, 1.82) is 0 Å². The van der Waals surface area contributed by atoms with Gasteiger partial charge in [0.15, 0.2) is 11.6 Å². The molecule has 0 spiro atoms. The third kappa shape index (κ3) is 5.06. The molecule has 12 heteroatoms. The summed E-state index contributed by atoms with van der Waals surface area (Å²) in [5, 5.41) is 0. The van der Waals surface area contributed by atoms with Crippen molar-refractivity contribution in [3.63, 3.8) is 0 Å². The van der Waals surface area contributed by atoms with Crippen molar-refractivity contribution < 1.29 is 26.7 Å². The third-order valence-corrected chi connectivity index (χ3v) is 7.66. The van der Waals surface area contributed by atoms with E-state index >= 15 is 0 Å². The number of carbonyl (C=O) groups is 1. The highest BCUT2D eigenvalue weighted by Crippen LogP contribution is 2.39. The lowest BCUT2D eigenvalue weighted by molar-refractivity contribution is 0.0981. The molecule has 0 radical (unpaired) electrons. The summed E-state index contributed by atoms with van der Waals surface area (Å²) < 4.78 is 61.9. The molecule has 0 bridgehead atoms. The van der Waals surface area contributed by atoms with Crippen LogP contribution in [0.2, 0.25) is 0 Å². The number of nitrogens with one attached hydrogen (secondary N) is 1. The van der Waals surface area contributed by atoms with Gasteiger partial charge in [0.05, 0.1) is 18.4 Å². The van der Waals surface area contributed by atoms with Crippen molar-refractivity contribution in [3.8, 4) is 17.0 Å². The monoisotopic (exact) mass is 531 g/mol. The molecule has 1 aromatic carbocycles. The van der Waals surface area contributed by atoms with Gasteiger partial charge in [0.25, 0.3) is 15.9 Å². The number of hydrogen-bond acceptors (Lipinski definition) is 8. The zero-order valence-electron chi connectivity index (χ0n) is 20.7. The maximum atomic E-state index is 14.9. The summed E-state index contributed by atoms with van der Waals surface area (Å²) in [5.74, 6) is -2.62. The smallest absolute Gasteiger partial charge is 0.268 e. The van der Waals surface area contributed by atoms with E-state index in [-0.39, 0.29) is 45.0 Å². The molecule has 0 unspecified atom stereocenters. The van der Waals surface area contributed by atoms with Crippen LogP contribution in [0, 0.1) is 17.6 Å². The van der Waals surface area contributed by atoms with Crippen molar-refractivity contribution in [2.75, 3.05) is 24.3 Å². The van der Waals surface area contributed by atoms with Crippen molar-refractivity contribution in [2.45, 2.75) is 37.6 Å². The number of nitrogens with zero attached hydrogens (tertiary/aromatic N) is 3. The zero-order chi connectivity index (χ0) is 27.1. The van der Waals surface area contributed by atoms with Crippen LogP contribution in [0.15, 0.2) is 47.5 Å². The minimum absolute atomic E-state index is 0.0497. The number of nitrogen functional groups attached to an aromatic ring is 1. The van der Waals surface area contributed by atoms with Crippen LogP contribution in [0.3, 0.4) is 0 Å². The van der Waals surface area contributed by atoms with E-state index in [2.05, 4.69) is 9.97 Å². The number of aromatic nitrogens is 2. The van der Waals surface area contributed by atoms with E-state index in [4.69, 9.17) is 10.5 Å². The molecule has 1 aliphatic rings.